The van der Waals surface area contributed by atoms with Crippen molar-refractivity contribution in [3.63, 3.8) is 0 Å². The van der Waals surface area contributed by atoms with Gasteiger partial charge in [-0.3, -0.25) is 4.79 Å². The zero-order chi connectivity index (χ0) is 17.5. The number of hydrogen-bond donors (Lipinski definition) is 0. The summed E-state index contributed by atoms with van der Waals surface area (Å²) in [5, 5.41) is 0.556. The molecule has 0 unspecified atom stereocenters. The number of thioether (sulfide) groups is 1. The fourth-order valence-corrected chi connectivity index (χ4v) is 5.43. The van der Waals surface area contributed by atoms with Gasteiger partial charge in [0, 0.05) is 24.9 Å². The van der Waals surface area contributed by atoms with Crippen LogP contribution in [0.2, 0.25) is 0 Å². The highest BCUT2D eigenvalue weighted by molar-refractivity contribution is 7.98. The monoisotopic (exact) mass is 368 g/mol. The zero-order valence-corrected chi connectivity index (χ0v) is 15.5. The topological polar surface area (TPSA) is 80.5 Å². The predicted molar refractivity (Wildman–Crippen MR) is 93.4 cm³/mol. The smallest absolute Gasteiger partial charge is 0.256 e. The van der Waals surface area contributed by atoms with Gasteiger partial charge in [0.2, 0.25) is 10.0 Å². The molecule has 0 saturated carbocycles. The molecule has 0 radical (unpaired) electrons. The lowest BCUT2D eigenvalue weighted by atomic mass is 9.92. The van der Waals surface area contributed by atoms with Crippen molar-refractivity contribution >= 4 is 38.7 Å². The molecule has 1 aliphatic heterocycles. The second-order valence-corrected chi connectivity index (χ2v) is 9.24. The molecular weight excluding hydrogens is 348 g/mol. The Labute approximate surface area is 145 Å². The minimum absolute atomic E-state index is 0.109. The van der Waals surface area contributed by atoms with E-state index in [1.54, 1.807) is 32.0 Å². The van der Waals surface area contributed by atoms with Crippen molar-refractivity contribution in [2.75, 3.05) is 12.8 Å². The summed E-state index contributed by atoms with van der Waals surface area (Å²) in [6, 6.07) is 5.24. The van der Waals surface area contributed by atoms with E-state index >= 15 is 0 Å². The van der Waals surface area contributed by atoms with Gasteiger partial charge in [0.1, 0.15) is 11.3 Å². The van der Waals surface area contributed by atoms with Crippen LogP contribution < -0.4 is 0 Å². The van der Waals surface area contributed by atoms with Gasteiger partial charge in [0.25, 0.3) is 5.22 Å². The molecule has 0 atom stereocenters. The first-order valence-corrected chi connectivity index (χ1v) is 10.5. The number of hydrogen-bond acceptors (Lipinski definition) is 6. The Bertz CT molecular complexity index is 887. The van der Waals surface area contributed by atoms with Crippen LogP contribution in [0.1, 0.15) is 32.3 Å². The molecule has 3 rings (SSSR count). The fraction of sp³-hybridized carbons (Fsp3) is 0.500. The SMILES string of the molecule is CSc1nc2cc(CS(=O)(=O)N3CCC(=O)CC3(C)C)ccc2o1. The molecule has 1 aromatic carbocycles. The van der Waals surface area contributed by atoms with Gasteiger partial charge in [-0.05, 0) is 37.8 Å². The number of ketones is 1. The van der Waals surface area contributed by atoms with E-state index in [4.69, 9.17) is 4.42 Å². The maximum absolute atomic E-state index is 12.8. The minimum Gasteiger partial charge on any atom is -0.431 e. The molecule has 0 spiro atoms. The molecule has 1 aromatic heterocycles. The largest absolute Gasteiger partial charge is 0.431 e. The molecule has 8 heteroatoms. The Morgan fingerprint density at radius 1 is 1.38 bits per heavy atom. The first-order valence-electron chi connectivity index (χ1n) is 7.67. The number of oxazole rings is 1. The van der Waals surface area contributed by atoms with E-state index in [0.29, 0.717) is 21.9 Å². The van der Waals surface area contributed by atoms with Gasteiger partial charge in [0.15, 0.2) is 5.58 Å². The van der Waals surface area contributed by atoms with Crippen molar-refractivity contribution in [2.45, 2.75) is 43.2 Å². The third kappa shape index (κ3) is 3.36. The van der Waals surface area contributed by atoms with Crippen molar-refractivity contribution in [2.24, 2.45) is 0 Å². The highest BCUT2D eigenvalue weighted by Crippen LogP contribution is 2.30. The number of benzene rings is 1. The van der Waals surface area contributed by atoms with Crippen LogP contribution in [0.5, 0.6) is 0 Å². The molecule has 130 valence electrons. The van der Waals surface area contributed by atoms with E-state index in [1.165, 1.54) is 16.1 Å². The molecule has 0 bridgehead atoms. The summed E-state index contributed by atoms with van der Waals surface area (Å²) in [5.74, 6) is 0.00206. The van der Waals surface area contributed by atoms with Crippen LogP contribution in [0.15, 0.2) is 27.8 Å². The Morgan fingerprint density at radius 3 is 2.79 bits per heavy atom. The van der Waals surface area contributed by atoms with Crippen molar-refractivity contribution in [3.8, 4) is 0 Å². The molecule has 0 amide bonds. The van der Waals surface area contributed by atoms with Crippen LogP contribution in [0.4, 0.5) is 0 Å². The van der Waals surface area contributed by atoms with E-state index in [0.717, 1.165) is 0 Å². The average Bonchev–Trinajstić information content (AvgIpc) is 2.87. The summed E-state index contributed by atoms with van der Waals surface area (Å²) >= 11 is 1.40. The van der Waals surface area contributed by atoms with Crippen LogP contribution in [-0.4, -0.2) is 41.8 Å². The Kier molecular flexibility index (Phi) is 4.48. The summed E-state index contributed by atoms with van der Waals surface area (Å²) in [6.45, 7) is 3.84. The number of rotatable bonds is 4. The van der Waals surface area contributed by atoms with E-state index < -0.39 is 15.6 Å². The summed E-state index contributed by atoms with van der Waals surface area (Å²) in [5.41, 5.74) is 1.28. The molecule has 0 N–H and O–H groups in total. The van der Waals surface area contributed by atoms with Gasteiger partial charge in [0.05, 0.1) is 5.75 Å². The molecule has 0 aliphatic carbocycles. The summed E-state index contributed by atoms with van der Waals surface area (Å²) in [6.07, 6.45) is 2.41. The number of Topliss-reactive ketones (excluding diaryl/α,β-unsaturated/α-hetero) is 1. The normalized spacial score (nSPS) is 19.0. The quantitative estimate of drug-likeness (QED) is 0.772. The molecule has 6 nitrogen and oxygen atoms in total. The van der Waals surface area contributed by atoms with Gasteiger partial charge in [-0.1, -0.05) is 17.8 Å². The fourth-order valence-electron chi connectivity index (χ4n) is 3.12. The Morgan fingerprint density at radius 2 is 2.12 bits per heavy atom. The molecule has 1 saturated heterocycles. The number of piperidine rings is 1. The lowest BCUT2D eigenvalue weighted by Gasteiger charge is -2.40. The minimum atomic E-state index is -3.52. The highest BCUT2D eigenvalue weighted by atomic mass is 32.2. The summed E-state index contributed by atoms with van der Waals surface area (Å²) < 4.78 is 32.7. The van der Waals surface area contributed by atoms with E-state index in [1.807, 2.05) is 6.26 Å². The maximum atomic E-state index is 12.8. The predicted octanol–water partition coefficient (Wildman–Crippen LogP) is 2.82. The third-order valence-electron chi connectivity index (χ3n) is 4.19. The van der Waals surface area contributed by atoms with Crippen LogP contribution in [0.3, 0.4) is 0 Å². The number of carbonyl (C=O) groups is 1. The first-order chi connectivity index (χ1) is 11.2. The van der Waals surface area contributed by atoms with Crippen LogP contribution in [0, 0.1) is 0 Å². The van der Waals surface area contributed by atoms with E-state index in [9.17, 15) is 13.2 Å². The third-order valence-corrected chi connectivity index (χ3v) is 6.76. The Hall–Kier alpha value is -1.38. The highest BCUT2D eigenvalue weighted by Gasteiger charge is 2.40. The second-order valence-electron chi connectivity index (χ2n) is 6.59. The average molecular weight is 368 g/mol. The van der Waals surface area contributed by atoms with Crippen molar-refractivity contribution in [3.05, 3.63) is 23.8 Å². The Balaban J connectivity index is 1.87. The van der Waals surface area contributed by atoms with Gasteiger partial charge >= 0.3 is 0 Å². The number of aromatic nitrogens is 1. The van der Waals surface area contributed by atoms with Crippen molar-refractivity contribution in [1.82, 2.24) is 9.29 Å². The lowest BCUT2D eigenvalue weighted by molar-refractivity contribution is -0.123. The van der Waals surface area contributed by atoms with Gasteiger partial charge in [-0.15, -0.1) is 0 Å². The van der Waals surface area contributed by atoms with E-state index in [-0.39, 0.29) is 30.9 Å². The van der Waals surface area contributed by atoms with Gasteiger partial charge < -0.3 is 4.42 Å². The van der Waals surface area contributed by atoms with Gasteiger partial charge in [-0.25, -0.2) is 13.4 Å². The molecule has 2 aromatic rings. The summed E-state index contributed by atoms with van der Waals surface area (Å²) in [4.78, 5) is 16.0. The van der Waals surface area contributed by atoms with Crippen molar-refractivity contribution in [1.29, 1.82) is 0 Å². The van der Waals surface area contributed by atoms with Crippen LogP contribution in [0.25, 0.3) is 11.1 Å². The second kappa shape index (κ2) is 6.16. The van der Waals surface area contributed by atoms with Gasteiger partial charge in [-0.2, -0.15) is 4.31 Å². The molecular formula is C16H20N2O4S2. The summed E-state index contributed by atoms with van der Waals surface area (Å²) in [7, 11) is -3.52. The number of sulfonamides is 1. The lowest BCUT2D eigenvalue weighted by Crippen LogP contribution is -2.53. The standard InChI is InChI=1S/C16H20N2O4S2/c1-16(2)9-12(19)6-7-18(16)24(20,21)10-11-4-5-14-13(8-11)17-15(22-14)23-3/h4-5,8H,6-7,9-10H2,1-3H3. The maximum Gasteiger partial charge on any atom is 0.256 e. The first kappa shape index (κ1) is 17.4. The molecule has 1 fully saturated rings. The van der Waals surface area contributed by atoms with Crippen LogP contribution in [-0.2, 0) is 20.6 Å². The molecule has 1 aliphatic rings. The molecule has 24 heavy (non-hydrogen) atoms. The zero-order valence-electron chi connectivity index (χ0n) is 13.9. The number of nitrogens with zero attached hydrogens (tertiary/aromatic N) is 2. The number of fused-ring (bicyclic) bond motifs is 1. The van der Waals surface area contributed by atoms with E-state index in [2.05, 4.69) is 4.98 Å². The van der Waals surface area contributed by atoms with Crippen LogP contribution >= 0.6 is 11.8 Å². The van der Waals surface area contributed by atoms with Crippen molar-refractivity contribution < 1.29 is 17.6 Å². The number of carbonyl (C=O) groups excluding carboxylic acids is 1. The molecule has 2 heterocycles.